The molecule has 2 aromatic carbocycles. The molecule has 31 heavy (non-hydrogen) atoms. The Balaban J connectivity index is 1.53. The van der Waals surface area contributed by atoms with E-state index in [1.807, 2.05) is 50.9 Å². The van der Waals surface area contributed by atoms with Crippen LogP contribution in [0.15, 0.2) is 60.6 Å². The van der Waals surface area contributed by atoms with Crippen LogP contribution >= 0.6 is 0 Å². The van der Waals surface area contributed by atoms with Crippen molar-refractivity contribution in [1.29, 1.82) is 0 Å². The van der Waals surface area contributed by atoms with Gasteiger partial charge in [-0.05, 0) is 62.7 Å². The molecule has 158 valence electrons. The summed E-state index contributed by atoms with van der Waals surface area (Å²) < 4.78 is 11.7. The van der Waals surface area contributed by atoms with E-state index < -0.39 is 5.97 Å². The van der Waals surface area contributed by atoms with Gasteiger partial charge in [0.2, 0.25) is 5.88 Å². The second-order valence-corrected chi connectivity index (χ2v) is 7.43. The molecule has 7 nitrogen and oxygen atoms in total. The first-order valence-electron chi connectivity index (χ1n) is 9.79. The minimum atomic E-state index is -0.998. The standard InChI is InChI=1S/C24H23N3O4/c1-14-10-15(2)23(25-16(14)3)31-19-8-9-20-21(12-19)27(4)22(26-20)13-30-18-7-5-6-17(11-18)24(28)29/h5-13,26H,1-4H3,(H,28,29). The molecule has 0 amide bonds. The van der Waals surface area contributed by atoms with E-state index in [9.17, 15) is 4.79 Å². The number of hydrogen-bond acceptors (Lipinski definition) is 6. The summed E-state index contributed by atoms with van der Waals surface area (Å²) in [5, 5.41) is 12.4. The van der Waals surface area contributed by atoms with Crippen molar-refractivity contribution in [3.63, 3.8) is 0 Å². The van der Waals surface area contributed by atoms with E-state index in [1.165, 1.54) is 12.1 Å². The zero-order valence-corrected chi connectivity index (χ0v) is 17.8. The number of pyridine rings is 1. The number of ether oxygens (including phenoxy) is 2. The third-order valence-electron chi connectivity index (χ3n) is 5.17. The Kier molecular flexibility index (Phi) is 5.25. The Labute approximate surface area is 180 Å². The Bertz CT molecular complexity index is 1200. The lowest BCUT2D eigenvalue weighted by atomic mass is 10.2. The monoisotopic (exact) mass is 417 g/mol. The number of nitrogens with zero attached hydrogens (tertiary/aromatic N) is 2. The molecule has 1 aliphatic heterocycles. The molecule has 2 heterocycles. The molecular weight excluding hydrogens is 394 g/mol. The van der Waals surface area contributed by atoms with Crippen LogP contribution in [0, 0.1) is 20.8 Å². The highest BCUT2D eigenvalue weighted by Gasteiger charge is 2.22. The number of nitrogens with one attached hydrogen (secondary N) is 1. The molecule has 0 saturated carbocycles. The fraction of sp³-hybridized carbons (Fsp3) is 0.167. The van der Waals surface area contributed by atoms with Gasteiger partial charge in [0.25, 0.3) is 0 Å². The molecule has 7 heteroatoms. The van der Waals surface area contributed by atoms with Gasteiger partial charge in [-0.15, -0.1) is 0 Å². The maximum Gasteiger partial charge on any atom is 0.335 e. The highest BCUT2D eigenvalue weighted by Crippen LogP contribution is 2.39. The van der Waals surface area contributed by atoms with Gasteiger partial charge in [0.05, 0.1) is 16.9 Å². The molecule has 0 bridgehead atoms. The molecule has 0 atom stereocenters. The number of fused-ring (bicyclic) bond motifs is 1. The van der Waals surface area contributed by atoms with Gasteiger partial charge < -0.3 is 24.8 Å². The largest absolute Gasteiger partial charge is 0.478 e. The van der Waals surface area contributed by atoms with Gasteiger partial charge in [0.1, 0.15) is 23.6 Å². The summed E-state index contributed by atoms with van der Waals surface area (Å²) in [5.74, 6) is 1.44. The highest BCUT2D eigenvalue weighted by molar-refractivity contribution is 5.88. The number of hydrogen-bond donors (Lipinski definition) is 2. The molecule has 0 spiro atoms. The van der Waals surface area contributed by atoms with E-state index >= 15 is 0 Å². The van der Waals surface area contributed by atoms with Crippen molar-refractivity contribution < 1.29 is 19.4 Å². The van der Waals surface area contributed by atoms with Crippen LogP contribution in [0.3, 0.4) is 0 Å². The van der Waals surface area contributed by atoms with Gasteiger partial charge in [-0.1, -0.05) is 6.07 Å². The van der Waals surface area contributed by atoms with E-state index in [0.717, 1.165) is 28.2 Å². The van der Waals surface area contributed by atoms with Gasteiger partial charge in [0, 0.05) is 24.4 Å². The number of anilines is 2. The Morgan fingerprint density at radius 3 is 2.65 bits per heavy atom. The number of aryl methyl sites for hydroxylation is 3. The average molecular weight is 417 g/mol. The van der Waals surface area contributed by atoms with Crippen LogP contribution in [0.4, 0.5) is 11.4 Å². The first-order valence-corrected chi connectivity index (χ1v) is 9.79. The molecule has 0 unspecified atom stereocenters. The summed E-state index contributed by atoms with van der Waals surface area (Å²) >= 11 is 0. The third-order valence-corrected chi connectivity index (χ3v) is 5.17. The fourth-order valence-corrected chi connectivity index (χ4v) is 3.28. The second-order valence-electron chi connectivity index (χ2n) is 7.43. The lowest BCUT2D eigenvalue weighted by molar-refractivity contribution is 0.0696. The molecule has 0 fully saturated rings. The smallest absolute Gasteiger partial charge is 0.335 e. The summed E-state index contributed by atoms with van der Waals surface area (Å²) in [6.07, 6.45) is 1.55. The van der Waals surface area contributed by atoms with Gasteiger partial charge in [-0.2, -0.15) is 0 Å². The van der Waals surface area contributed by atoms with Crippen molar-refractivity contribution >= 4 is 17.3 Å². The topological polar surface area (TPSA) is 83.9 Å². The normalized spacial score (nSPS) is 13.7. The van der Waals surface area contributed by atoms with E-state index in [0.29, 0.717) is 23.2 Å². The minimum Gasteiger partial charge on any atom is -0.478 e. The summed E-state index contributed by atoms with van der Waals surface area (Å²) in [4.78, 5) is 17.6. The molecule has 0 aliphatic carbocycles. The summed E-state index contributed by atoms with van der Waals surface area (Å²) in [5.41, 5.74) is 5.06. The zero-order chi connectivity index (χ0) is 22.1. The zero-order valence-electron chi connectivity index (χ0n) is 17.8. The van der Waals surface area contributed by atoms with Gasteiger partial charge in [-0.3, -0.25) is 0 Å². The Morgan fingerprint density at radius 2 is 1.87 bits per heavy atom. The van der Waals surface area contributed by atoms with E-state index in [4.69, 9.17) is 14.6 Å². The van der Waals surface area contributed by atoms with Crippen LogP contribution in [0.5, 0.6) is 17.4 Å². The molecular formula is C24H23N3O4. The molecule has 2 N–H and O–H groups in total. The Morgan fingerprint density at radius 1 is 1.06 bits per heavy atom. The summed E-state index contributed by atoms with van der Waals surface area (Å²) in [7, 11) is 1.91. The predicted octanol–water partition coefficient (Wildman–Crippen LogP) is 5.24. The quantitative estimate of drug-likeness (QED) is 0.550. The highest BCUT2D eigenvalue weighted by atomic mass is 16.5. The fourth-order valence-electron chi connectivity index (χ4n) is 3.28. The number of aromatic carboxylic acids is 1. The maximum absolute atomic E-state index is 11.1. The summed E-state index contributed by atoms with van der Waals surface area (Å²) in [6, 6.07) is 14.2. The van der Waals surface area contributed by atoms with Crippen LogP contribution in [0.25, 0.3) is 0 Å². The van der Waals surface area contributed by atoms with E-state index in [2.05, 4.69) is 16.4 Å². The molecule has 0 saturated heterocycles. The lowest BCUT2D eigenvalue weighted by Crippen LogP contribution is -2.15. The lowest BCUT2D eigenvalue weighted by Gasteiger charge is -2.14. The van der Waals surface area contributed by atoms with E-state index in [-0.39, 0.29) is 5.56 Å². The predicted molar refractivity (Wildman–Crippen MR) is 119 cm³/mol. The molecule has 3 aromatic rings. The average Bonchev–Trinajstić information content (AvgIpc) is 3.06. The van der Waals surface area contributed by atoms with Gasteiger partial charge in [-0.25, -0.2) is 9.78 Å². The number of carboxylic acids is 1. The molecule has 4 rings (SSSR count). The van der Waals surface area contributed by atoms with Crippen LogP contribution in [0.2, 0.25) is 0 Å². The van der Waals surface area contributed by atoms with Gasteiger partial charge in [0.15, 0.2) is 0 Å². The molecule has 0 radical (unpaired) electrons. The van der Waals surface area contributed by atoms with Crippen molar-refractivity contribution in [2.24, 2.45) is 0 Å². The number of carboxylic acid groups (broad SMARTS) is 1. The number of benzene rings is 2. The third kappa shape index (κ3) is 4.16. The number of carbonyl (C=O) groups is 1. The van der Waals surface area contributed by atoms with Crippen LogP contribution < -0.4 is 19.7 Å². The molecule has 1 aliphatic rings. The van der Waals surface area contributed by atoms with Crippen molar-refractivity contribution in [2.45, 2.75) is 20.8 Å². The minimum absolute atomic E-state index is 0.170. The first-order chi connectivity index (χ1) is 14.8. The Hall–Kier alpha value is -4.00. The van der Waals surface area contributed by atoms with Gasteiger partial charge >= 0.3 is 5.97 Å². The number of aromatic nitrogens is 1. The first kappa shape index (κ1) is 20.3. The van der Waals surface area contributed by atoms with Crippen LogP contribution in [-0.2, 0) is 0 Å². The van der Waals surface area contributed by atoms with Crippen molar-refractivity contribution in [2.75, 3.05) is 17.3 Å². The maximum atomic E-state index is 11.1. The van der Waals surface area contributed by atoms with Crippen LogP contribution in [0.1, 0.15) is 27.2 Å². The van der Waals surface area contributed by atoms with Crippen LogP contribution in [-0.4, -0.2) is 23.1 Å². The SMILES string of the molecule is Cc1cc(C)c(Oc2ccc3c(c2)N(C)C(=COc2cccc(C(=O)O)c2)N3)nc1C. The molecule has 1 aromatic heterocycles. The number of rotatable bonds is 5. The summed E-state index contributed by atoms with van der Waals surface area (Å²) in [6.45, 7) is 5.97. The van der Waals surface area contributed by atoms with E-state index in [1.54, 1.807) is 18.4 Å². The van der Waals surface area contributed by atoms with Crippen molar-refractivity contribution in [3.05, 3.63) is 83.0 Å². The van der Waals surface area contributed by atoms with Crippen molar-refractivity contribution in [1.82, 2.24) is 4.98 Å². The van der Waals surface area contributed by atoms with Crippen molar-refractivity contribution in [3.8, 4) is 17.4 Å². The second kappa shape index (κ2) is 8.02.